The van der Waals surface area contributed by atoms with E-state index in [9.17, 15) is 22.8 Å². The van der Waals surface area contributed by atoms with Gasteiger partial charge in [-0.25, -0.2) is 13.2 Å². The van der Waals surface area contributed by atoms with Crippen molar-refractivity contribution in [1.82, 2.24) is 4.90 Å². The van der Waals surface area contributed by atoms with Gasteiger partial charge >= 0.3 is 0 Å². The Kier molecular flexibility index (Phi) is 7.17. The van der Waals surface area contributed by atoms with Crippen LogP contribution in [0.5, 0.6) is 0 Å². The molecule has 0 aliphatic rings. The molecule has 28 heavy (non-hydrogen) atoms. The van der Waals surface area contributed by atoms with Crippen LogP contribution < -0.4 is 10.6 Å². The fourth-order valence-electron chi connectivity index (χ4n) is 2.51. The first kappa shape index (κ1) is 21.4. The number of amides is 2. The van der Waals surface area contributed by atoms with E-state index >= 15 is 0 Å². The van der Waals surface area contributed by atoms with Crippen molar-refractivity contribution in [3.8, 4) is 0 Å². The number of halogens is 3. The van der Waals surface area contributed by atoms with Gasteiger partial charge in [-0.05, 0) is 42.8 Å². The van der Waals surface area contributed by atoms with Crippen LogP contribution in [0.3, 0.4) is 0 Å². The van der Waals surface area contributed by atoms with Gasteiger partial charge in [-0.2, -0.15) is 0 Å². The van der Waals surface area contributed by atoms with Gasteiger partial charge < -0.3 is 10.6 Å². The average Bonchev–Trinajstić information content (AvgIpc) is 2.62. The number of benzene rings is 2. The Morgan fingerprint density at radius 3 is 2.04 bits per heavy atom. The minimum Gasteiger partial charge on any atom is -0.325 e. The fraction of sp³-hybridized carbons (Fsp3) is 0.300. The van der Waals surface area contributed by atoms with E-state index in [2.05, 4.69) is 24.5 Å². The molecule has 0 atom stereocenters. The van der Waals surface area contributed by atoms with E-state index in [0.717, 1.165) is 17.7 Å². The van der Waals surface area contributed by atoms with Crippen molar-refractivity contribution in [3.63, 3.8) is 0 Å². The maximum absolute atomic E-state index is 13.6. The number of likely N-dealkylation sites (N-methyl/N-ethyl adjacent to an activating group) is 1. The molecule has 0 aliphatic carbocycles. The van der Waals surface area contributed by atoms with Crippen LogP contribution in [0.15, 0.2) is 36.4 Å². The molecule has 0 spiro atoms. The first-order valence-corrected chi connectivity index (χ1v) is 8.69. The summed E-state index contributed by atoms with van der Waals surface area (Å²) in [6.45, 7) is 3.82. The van der Waals surface area contributed by atoms with Crippen LogP contribution in [-0.2, 0) is 9.59 Å². The number of anilines is 2. The zero-order chi connectivity index (χ0) is 20.8. The molecule has 0 unspecified atom stereocenters. The van der Waals surface area contributed by atoms with Gasteiger partial charge in [-0.3, -0.25) is 14.5 Å². The molecule has 0 radical (unpaired) electrons. The van der Waals surface area contributed by atoms with Crippen LogP contribution in [0.4, 0.5) is 24.5 Å². The molecule has 0 saturated carbocycles. The molecule has 0 bridgehead atoms. The van der Waals surface area contributed by atoms with Crippen molar-refractivity contribution < 1.29 is 22.8 Å². The molecule has 2 rings (SSSR count). The number of hydrogen-bond acceptors (Lipinski definition) is 3. The van der Waals surface area contributed by atoms with E-state index in [1.807, 2.05) is 12.1 Å². The van der Waals surface area contributed by atoms with Crippen molar-refractivity contribution in [2.75, 3.05) is 30.8 Å². The Morgan fingerprint density at radius 2 is 1.46 bits per heavy atom. The number of carbonyl (C=O) groups excluding carboxylic acids is 2. The first-order valence-electron chi connectivity index (χ1n) is 8.69. The summed E-state index contributed by atoms with van der Waals surface area (Å²) >= 11 is 0. The molecule has 5 nitrogen and oxygen atoms in total. The summed E-state index contributed by atoms with van der Waals surface area (Å²) in [7, 11) is 1.53. The molecule has 0 saturated heterocycles. The van der Waals surface area contributed by atoms with Crippen LogP contribution in [-0.4, -0.2) is 36.9 Å². The average molecular weight is 393 g/mol. The minimum atomic E-state index is -1.66. The lowest BCUT2D eigenvalue weighted by atomic mass is 10.0. The molecule has 2 amide bonds. The Bertz CT molecular complexity index is 855. The Hall–Kier alpha value is -2.87. The van der Waals surface area contributed by atoms with Crippen LogP contribution in [0.2, 0.25) is 0 Å². The highest BCUT2D eigenvalue weighted by molar-refractivity contribution is 5.94. The third-order valence-electron chi connectivity index (χ3n) is 4.00. The van der Waals surface area contributed by atoms with E-state index in [1.165, 1.54) is 11.9 Å². The molecule has 150 valence electrons. The van der Waals surface area contributed by atoms with Gasteiger partial charge in [-0.15, -0.1) is 0 Å². The third kappa shape index (κ3) is 5.82. The predicted octanol–water partition coefficient (Wildman–Crippen LogP) is 3.74. The number of rotatable bonds is 7. The summed E-state index contributed by atoms with van der Waals surface area (Å²) in [4.78, 5) is 25.4. The lowest BCUT2D eigenvalue weighted by molar-refractivity contribution is -0.119. The molecule has 0 aliphatic heterocycles. The third-order valence-corrected chi connectivity index (χ3v) is 4.00. The highest BCUT2D eigenvalue weighted by Crippen LogP contribution is 2.19. The SMILES string of the molecule is CC(C)c1ccc(NC(=O)CN(C)CC(=O)Nc2ccc(F)c(F)c2F)cc1. The van der Waals surface area contributed by atoms with Gasteiger partial charge in [0, 0.05) is 5.69 Å². The van der Waals surface area contributed by atoms with Crippen LogP contribution in [0, 0.1) is 17.5 Å². The number of nitrogens with zero attached hydrogens (tertiary/aromatic N) is 1. The normalized spacial score (nSPS) is 11.0. The predicted molar refractivity (Wildman–Crippen MR) is 102 cm³/mol. The second kappa shape index (κ2) is 9.36. The highest BCUT2D eigenvalue weighted by atomic mass is 19.2. The summed E-state index contributed by atoms with van der Waals surface area (Å²) in [5.74, 6) is -5.08. The highest BCUT2D eigenvalue weighted by Gasteiger charge is 2.17. The van der Waals surface area contributed by atoms with Gasteiger partial charge in [0.1, 0.15) is 0 Å². The number of nitrogens with one attached hydrogen (secondary N) is 2. The molecule has 2 aromatic rings. The molecular formula is C20H22F3N3O2. The van der Waals surface area contributed by atoms with Crippen molar-refractivity contribution in [3.05, 3.63) is 59.4 Å². The fourth-order valence-corrected chi connectivity index (χ4v) is 2.51. The molecule has 0 heterocycles. The number of carbonyl (C=O) groups is 2. The maximum Gasteiger partial charge on any atom is 0.238 e. The Labute approximate surface area is 161 Å². The molecular weight excluding hydrogens is 371 g/mol. The smallest absolute Gasteiger partial charge is 0.238 e. The quantitative estimate of drug-likeness (QED) is 0.705. The monoisotopic (exact) mass is 393 g/mol. The van der Waals surface area contributed by atoms with Crippen molar-refractivity contribution in [2.45, 2.75) is 19.8 Å². The van der Waals surface area contributed by atoms with Crippen LogP contribution in [0.25, 0.3) is 0 Å². The lowest BCUT2D eigenvalue weighted by Crippen LogP contribution is -2.36. The Morgan fingerprint density at radius 1 is 0.893 bits per heavy atom. The number of hydrogen-bond donors (Lipinski definition) is 2. The van der Waals surface area contributed by atoms with Crippen LogP contribution >= 0.6 is 0 Å². The van der Waals surface area contributed by atoms with Crippen LogP contribution in [0.1, 0.15) is 25.3 Å². The van der Waals surface area contributed by atoms with Gasteiger partial charge in [0.25, 0.3) is 0 Å². The topological polar surface area (TPSA) is 61.4 Å². The summed E-state index contributed by atoms with van der Waals surface area (Å²) in [6, 6.07) is 9.09. The van der Waals surface area contributed by atoms with Gasteiger partial charge in [0.05, 0.1) is 18.8 Å². The summed E-state index contributed by atoms with van der Waals surface area (Å²) in [5, 5.41) is 4.88. The largest absolute Gasteiger partial charge is 0.325 e. The lowest BCUT2D eigenvalue weighted by Gasteiger charge is -2.16. The van der Waals surface area contributed by atoms with Gasteiger partial charge in [0.15, 0.2) is 17.5 Å². The summed E-state index contributed by atoms with van der Waals surface area (Å²) in [5.41, 5.74) is 1.32. The minimum absolute atomic E-state index is 0.0837. The van der Waals surface area contributed by atoms with E-state index in [1.54, 1.807) is 12.1 Å². The molecule has 0 fully saturated rings. The molecule has 2 N–H and O–H groups in total. The Balaban J connectivity index is 1.85. The standard InChI is InChI=1S/C20H22F3N3O2/c1-12(2)13-4-6-14(7-5-13)24-17(27)10-26(3)11-18(28)25-16-9-8-15(21)19(22)20(16)23/h4-9,12H,10-11H2,1-3H3,(H,24,27)(H,25,28). The van der Waals surface area contributed by atoms with Gasteiger partial charge in [0.2, 0.25) is 11.8 Å². The molecule has 8 heteroatoms. The van der Waals surface area contributed by atoms with E-state index in [4.69, 9.17) is 0 Å². The summed E-state index contributed by atoms with van der Waals surface area (Å²) in [6.07, 6.45) is 0. The first-order chi connectivity index (χ1) is 13.2. The zero-order valence-electron chi connectivity index (χ0n) is 15.9. The van der Waals surface area contributed by atoms with Gasteiger partial charge in [-0.1, -0.05) is 26.0 Å². The van der Waals surface area contributed by atoms with Crippen molar-refractivity contribution >= 4 is 23.2 Å². The van der Waals surface area contributed by atoms with E-state index in [0.29, 0.717) is 11.6 Å². The van der Waals surface area contributed by atoms with E-state index in [-0.39, 0.29) is 19.0 Å². The van der Waals surface area contributed by atoms with Crippen molar-refractivity contribution in [1.29, 1.82) is 0 Å². The summed E-state index contributed by atoms with van der Waals surface area (Å²) < 4.78 is 39.7. The maximum atomic E-state index is 13.6. The van der Waals surface area contributed by atoms with E-state index < -0.39 is 29.0 Å². The second-order valence-corrected chi connectivity index (χ2v) is 6.77. The second-order valence-electron chi connectivity index (χ2n) is 6.77. The molecule has 0 aromatic heterocycles. The molecule has 2 aromatic carbocycles. The zero-order valence-corrected chi connectivity index (χ0v) is 15.9. The van der Waals surface area contributed by atoms with Crippen molar-refractivity contribution in [2.24, 2.45) is 0 Å².